The number of aryl methyl sites for hydroxylation is 1. The van der Waals surface area contributed by atoms with Crippen LogP contribution in [0.2, 0.25) is 0 Å². The molecule has 1 saturated carbocycles. The lowest BCUT2D eigenvalue weighted by atomic mass is 9.90. The molecule has 1 fully saturated rings. The van der Waals surface area contributed by atoms with Gasteiger partial charge in [0, 0.05) is 23.1 Å². The molecular formula is C16H22O5S. The molecule has 0 bridgehead atoms. The fourth-order valence-corrected chi connectivity index (χ4v) is 3.69. The maximum absolute atomic E-state index is 10.9. The van der Waals surface area contributed by atoms with E-state index in [0.717, 1.165) is 6.42 Å². The maximum Gasteiger partial charge on any atom is 0.303 e. The Hall–Kier alpha value is -1.21. The third-order valence-corrected chi connectivity index (χ3v) is 5.08. The summed E-state index contributed by atoms with van der Waals surface area (Å²) in [4.78, 5) is 12.1. The van der Waals surface area contributed by atoms with Gasteiger partial charge in [-0.3, -0.25) is 4.79 Å². The van der Waals surface area contributed by atoms with E-state index in [-0.39, 0.29) is 12.8 Å². The number of thiophene rings is 1. The normalized spacial score (nSPS) is 30.0. The van der Waals surface area contributed by atoms with Crippen LogP contribution >= 0.6 is 11.3 Å². The molecule has 1 heterocycles. The number of rotatable bonds is 7. The Balaban J connectivity index is 1.89. The lowest BCUT2D eigenvalue weighted by Gasteiger charge is -2.19. The monoisotopic (exact) mass is 326 g/mol. The molecule has 0 saturated heterocycles. The number of hydrogen-bond donors (Lipinski definition) is 4. The van der Waals surface area contributed by atoms with E-state index >= 15 is 0 Å². The lowest BCUT2D eigenvalue weighted by molar-refractivity contribution is -0.139. The van der Waals surface area contributed by atoms with Gasteiger partial charge in [0.25, 0.3) is 0 Å². The molecule has 0 spiro atoms. The quantitative estimate of drug-likeness (QED) is 0.568. The summed E-state index contributed by atoms with van der Waals surface area (Å²) in [6.45, 7) is 0. The van der Waals surface area contributed by atoms with Gasteiger partial charge in [0.1, 0.15) is 0 Å². The van der Waals surface area contributed by atoms with Crippen molar-refractivity contribution in [2.45, 2.75) is 44.0 Å². The molecule has 0 amide bonds. The molecule has 6 heteroatoms. The Morgan fingerprint density at radius 3 is 2.82 bits per heavy atom. The predicted octanol–water partition coefficient (Wildman–Crippen LogP) is 1.43. The molecule has 0 radical (unpaired) electrons. The van der Waals surface area contributed by atoms with Gasteiger partial charge in [-0.2, -0.15) is 0 Å². The Morgan fingerprint density at radius 1 is 1.41 bits per heavy atom. The van der Waals surface area contributed by atoms with Gasteiger partial charge in [-0.15, -0.1) is 11.3 Å². The second-order valence-corrected chi connectivity index (χ2v) is 6.81. The molecule has 0 aromatic carbocycles. The largest absolute Gasteiger partial charge is 0.481 e. The first-order chi connectivity index (χ1) is 10.5. The van der Waals surface area contributed by atoms with E-state index in [2.05, 4.69) is 0 Å². The highest BCUT2D eigenvalue weighted by Crippen LogP contribution is 2.36. The van der Waals surface area contributed by atoms with Crippen LogP contribution in [0.4, 0.5) is 0 Å². The molecule has 5 unspecified atom stereocenters. The van der Waals surface area contributed by atoms with Crippen molar-refractivity contribution in [3.8, 4) is 0 Å². The smallest absolute Gasteiger partial charge is 0.303 e. The summed E-state index contributed by atoms with van der Waals surface area (Å²) in [5.74, 6) is -1.93. The maximum atomic E-state index is 10.9. The van der Waals surface area contributed by atoms with E-state index in [1.807, 2.05) is 17.5 Å². The Morgan fingerprint density at radius 2 is 2.18 bits per heavy atom. The minimum atomic E-state index is -0.991. The van der Waals surface area contributed by atoms with Crippen LogP contribution in [-0.4, -0.2) is 44.7 Å². The SMILES string of the molecule is O=C(O)CC1C(O)CC(O)C1C=CC(O)CCc1cccs1. The highest BCUT2D eigenvalue weighted by molar-refractivity contribution is 7.09. The van der Waals surface area contributed by atoms with Crippen LogP contribution in [-0.2, 0) is 11.2 Å². The standard InChI is InChI=1S/C16H22O5S/c17-10(3-5-11-2-1-7-22-11)4-6-12-13(8-16(20)21)15(19)9-14(12)18/h1-2,4,6-7,10,12-15,17-19H,3,5,8-9H2,(H,20,21). The number of hydrogen-bond acceptors (Lipinski definition) is 5. The van der Waals surface area contributed by atoms with Crippen LogP contribution in [0.5, 0.6) is 0 Å². The molecule has 5 nitrogen and oxygen atoms in total. The first-order valence-corrected chi connectivity index (χ1v) is 8.32. The highest BCUT2D eigenvalue weighted by atomic mass is 32.1. The zero-order valence-corrected chi connectivity index (χ0v) is 13.0. The molecule has 0 aliphatic heterocycles. The predicted molar refractivity (Wildman–Crippen MR) is 83.7 cm³/mol. The first kappa shape index (κ1) is 17.1. The third kappa shape index (κ3) is 4.64. The Kier molecular flexibility index (Phi) is 6.14. The highest BCUT2D eigenvalue weighted by Gasteiger charge is 2.41. The van der Waals surface area contributed by atoms with E-state index < -0.39 is 36.1 Å². The van der Waals surface area contributed by atoms with E-state index in [9.17, 15) is 20.1 Å². The van der Waals surface area contributed by atoms with Gasteiger partial charge in [-0.25, -0.2) is 0 Å². The number of carboxylic acids is 1. The second kappa shape index (κ2) is 7.87. The van der Waals surface area contributed by atoms with Crippen molar-refractivity contribution in [3.05, 3.63) is 34.5 Å². The van der Waals surface area contributed by atoms with Gasteiger partial charge < -0.3 is 20.4 Å². The number of carboxylic acid groups (broad SMARTS) is 1. The molecule has 4 N–H and O–H groups in total. The van der Waals surface area contributed by atoms with E-state index in [4.69, 9.17) is 5.11 Å². The lowest BCUT2D eigenvalue weighted by Crippen LogP contribution is -2.23. The van der Waals surface area contributed by atoms with E-state index in [1.165, 1.54) is 4.88 Å². The molecule has 122 valence electrons. The van der Waals surface area contributed by atoms with Gasteiger partial charge in [-0.1, -0.05) is 18.2 Å². The summed E-state index contributed by atoms with van der Waals surface area (Å²) in [7, 11) is 0. The number of aliphatic hydroxyl groups excluding tert-OH is 3. The van der Waals surface area contributed by atoms with Gasteiger partial charge in [-0.05, 0) is 24.3 Å². The first-order valence-electron chi connectivity index (χ1n) is 7.44. The summed E-state index contributed by atoms with van der Waals surface area (Å²) in [5.41, 5.74) is 0. The fraction of sp³-hybridized carbons (Fsp3) is 0.562. The van der Waals surface area contributed by atoms with Crippen LogP contribution in [0.1, 0.15) is 24.1 Å². The minimum Gasteiger partial charge on any atom is -0.481 e. The van der Waals surface area contributed by atoms with Crippen LogP contribution in [0.25, 0.3) is 0 Å². The Bertz CT molecular complexity index is 499. The number of aliphatic carboxylic acids is 1. The van der Waals surface area contributed by atoms with Gasteiger partial charge in [0.2, 0.25) is 0 Å². The summed E-state index contributed by atoms with van der Waals surface area (Å²) in [6, 6.07) is 3.98. The molecule has 1 aliphatic carbocycles. The summed E-state index contributed by atoms with van der Waals surface area (Å²) in [5, 5.41) is 40.7. The van der Waals surface area contributed by atoms with Gasteiger partial charge in [0.15, 0.2) is 0 Å². The van der Waals surface area contributed by atoms with Crippen molar-refractivity contribution in [1.29, 1.82) is 0 Å². The molecule has 2 rings (SSSR count). The van der Waals surface area contributed by atoms with Crippen LogP contribution < -0.4 is 0 Å². The van der Waals surface area contributed by atoms with Crippen molar-refractivity contribution < 1.29 is 25.2 Å². The Labute approximate surface area is 133 Å². The van der Waals surface area contributed by atoms with Crippen LogP contribution in [0, 0.1) is 11.8 Å². The van der Waals surface area contributed by atoms with Crippen LogP contribution in [0.3, 0.4) is 0 Å². The van der Waals surface area contributed by atoms with Crippen molar-refractivity contribution in [1.82, 2.24) is 0 Å². The van der Waals surface area contributed by atoms with Gasteiger partial charge in [0.05, 0.1) is 24.7 Å². The second-order valence-electron chi connectivity index (χ2n) is 5.78. The van der Waals surface area contributed by atoms with E-state index in [0.29, 0.717) is 6.42 Å². The average molecular weight is 326 g/mol. The van der Waals surface area contributed by atoms with Crippen LogP contribution in [0.15, 0.2) is 29.7 Å². The topological polar surface area (TPSA) is 98.0 Å². The number of aliphatic hydroxyl groups is 3. The molecule has 5 atom stereocenters. The third-order valence-electron chi connectivity index (χ3n) is 4.15. The number of carbonyl (C=O) groups is 1. The van der Waals surface area contributed by atoms with E-state index in [1.54, 1.807) is 23.5 Å². The summed E-state index contributed by atoms with van der Waals surface area (Å²) < 4.78 is 0. The van der Waals surface area contributed by atoms with Crippen molar-refractivity contribution >= 4 is 17.3 Å². The average Bonchev–Trinajstić information content (AvgIpc) is 3.04. The molecule has 1 aromatic rings. The molecule has 1 aromatic heterocycles. The molecular weight excluding hydrogens is 304 g/mol. The van der Waals surface area contributed by atoms with Gasteiger partial charge >= 0.3 is 5.97 Å². The zero-order chi connectivity index (χ0) is 16.1. The zero-order valence-electron chi connectivity index (χ0n) is 12.2. The summed E-state index contributed by atoms with van der Waals surface area (Å²) in [6.07, 6.45) is 2.39. The fourth-order valence-electron chi connectivity index (χ4n) is 2.96. The van der Waals surface area contributed by atoms with Crippen molar-refractivity contribution in [2.75, 3.05) is 0 Å². The summed E-state index contributed by atoms with van der Waals surface area (Å²) >= 11 is 1.64. The van der Waals surface area contributed by atoms with Crippen molar-refractivity contribution in [3.63, 3.8) is 0 Å². The van der Waals surface area contributed by atoms with Crippen molar-refractivity contribution in [2.24, 2.45) is 11.8 Å². The molecule has 1 aliphatic rings. The molecule has 22 heavy (non-hydrogen) atoms. The minimum absolute atomic E-state index is 0.179.